The second kappa shape index (κ2) is 14.6. The van der Waals surface area contributed by atoms with Crippen LogP contribution in [0.5, 0.6) is 0 Å². The molecule has 7 nitrogen and oxygen atoms in total. The predicted molar refractivity (Wildman–Crippen MR) is 142 cm³/mol. The van der Waals surface area contributed by atoms with Gasteiger partial charge in [-0.2, -0.15) is 26.3 Å². The van der Waals surface area contributed by atoms with Crippen molar-refractivity contribution >= 4 is 12.1 Å². The van der Waals surface area contributed by atoms with Gasteiger partial charge in [0.05, 0.1) is 22.9 Å². The Hall–Kier alpha value is -4.29. The molecule has 0 aliphatic carbocycles. The van der Waals surface area contributed by atoms with Crippen molar-refractivity contribution in [3.8, 4) is 0 Å². The quantitative estimate of drug-likeness (QED) is 0.208. The number of benzene rings is 2. The molecule has 3 aromatic rings. The van der Waals surface area contributed by atoms with E-state index in [9.17, 15) is 35.9 Å². The molecule has 1 heterocycles. The van der Waals surface area contributed by atoms with E-state index in [0.717, 1.165) is 48.2 Å². The fraction of sp³-hybridized carbons (Fsp3) is 0.345. The summed E-state index contributed by atoms with van der Waals surface area (Å²) in [6, 6.07) is 11.5. The summed E-state index contributed by atoms with van der Waals surface area (Å²) in [5, 5.41) is 7.71. The number of nitrogens with one attached hydrogen (secondary N) is 3. The first-order chi connectivity index (χ1) is 19.9. The molecular formula is C29H30F6N4O3. The number of amides is 3. The van der Waals surface area contributed by atoms with Crippen LogP contribution in [-0.2, 0) is 23.7 Å². The third-order valence-corrected chi connectivity index (χ3v) is 6.21. The van der Waals surface area contributed by atoms with Gasteiger partial charge >= 0.3 is 24.5 Å². The molecule has 0 fully saturated rings. The average molecular weight is 597 g/mol. The largest absolute Gasteiger partial charge is 0.445 e. The van der Waals surface area contributed by atoms with Crippen molar-refractivity contribution in [2.24, 2.45) is 0 Å². The third kappa shape index (κ3) is 9.67. The number of hydrogen-bond donors (Lipinski definition) is 3. The molecule has 0 saturated heterocycles. The Balaban J connectivity index is 1.70. The topological polar surface area (TPSA) is 92.4 Å². The molecule has 0 aliphatic rings. The van der Waals surface area contributed by atoms with Gasteiger partial charge in [-0.25, -0.2) is 9.59 Å². The van der Waals surface area contributed by atoms with Gasteiger partial charge in [-0.1, -0.05) is 55.8 Å². The van der Waals surface area contributed by atoms with Gasteiger partial charge in [0.25, 0.3) is 0 Å². The van der Waals surface area contributed by atoms with E-state index in [1.807, 2.05) is 25.1 Å². The molecule has 0 aliphatic heterocycles. The Labute approximate surface area is 238 Å². The molecule has 1 unspecified atom stereocenters. The van der Waals surface area contributed by atoms with Crippen molar-refractivity contribution in [3.05, 3.63) is 101 Å². The predicted octanol–water partition coefficient (Wildman–Crippen LogP) is 6.99. The van der Waals surface area contributed by atoms with Crippen LogP contribution in [0.15, 0.2) is 72.9 Å². The van der Waals surface area contributed by atoms with Crippen LogP contribution in [0.25, 0.3) is 0 Å². The molecule has 0 bridgehead atoms. The molecule has 3 amide bonds. The normalized spacial score (nSPS) is 13.1. The molecule has 2 atom stereocenters. The first-order valence-corrected chi connectivity index (χ1v) is 13.1. The lowest BCUT2D eigenvalue weighted by molar-refractivity contribution is -0.139. The highest BCUT2D eigenvalue weighted by Gasteiger charge is 2.37. The van der Waals surface area contributed by atoms with Gasteiger partial charge in [0.1, 0.15) is 6.61 Å². The van der Waals surface area contributed by atoms with Crippen LogP contribution in [0.4, 0.5) is 35.9 Å². The van der Waals surface area contributed by atoms with Crippen molar-refractivity contribution in [2.45, 2.75) is 57.2 Å². The van der Waals surface area contributed by atoms with E-state index in [2.05, 4.69) is 20.9 Å². The van der Waals surface area contributed by atoms with E-state index in [4.69, 9.17) is 4.74 Å². The number of nitrogens with zero attached hydrogens (tertiary/aromatic N) is 1. The maximum atomic E-state index is 13.8. The second-order valence-corrected chi connectivity index (χ2v) is 9.37. The van der Waals surface area contributed by atoms with Gasteiger partial charge in [-0.15, -0.1) is 0 Å². The minimum Gasteiger partial charge on any atom is -0.445 e. The van der Waals surface area contributed by atoms with Crippen molar-refractivity contribution in [1.82, 2.24) is 20.9 Å². The number of ether oxygens (including phenoxy) is 1. The first-order valence-electron chi connectivity index (χ1n) is 13.1. The van der Waals surface area contributed by atoms with Gasteiger partial charge < -0.3 is 20.7 Å². The lowest BCUT2D eigenvalue weighted by atomic mass is 9.98. The molecule has 0 spiro atoms. The Morgan fingerprint density at radius 3 is 2.17 bits per heavy atom. The third-order valence-electron chi connectivity index (χ3n) is 6.21. The highest BCUT2D eigenvalue weighted by Crippen LogP contribution is 2.36. The Morgan fingerprint density at radius 1 is 0.857 bits per heavy atom. The zero-order chi connectivity index (χ0) is 30.8. The van der Waals surface area contributed by atoms with E-state index in [-0.39, 0.29) is 25.1 Å². The van der Waals surface area contributed by atoms with Gasteiger partial charge in [-0.05, 0) is 48.2 Å². The fourth-order valence-electron chi connectivity index (χ4n) is 4.18. The molecule has 42 heavy (non-hydrogen) atoms. The highest BCUT2D eigenvalue weighted by molar-refractivity contribution is 5.75. The van der Waals surface area contributed by atoms with Crippen LogP contribution in [-0.4, -0.2) is 29.7 Å². The highest BCUT2D eigenvalue weighted by atomic mass is 19.4. The van der Waals surface area contributed by atoms with E-state index >= 15 is 0 Å². The second-order valence-electron chi connectivity index (χ2n) is 9.37. The molecule has 226 valence electrons. The van der Waals surface area contributed by atoms with E-state index in [0.29, 0.717) is 12.8 Å². The Bertz CT molecular complexity index is 1300. The standard InChI is InChI=1S/C29H30F6N4O3/c1-2-7-22(15-17-37-27(41)42-18-19-8-4-3-5-9-19)38-26(40)39-24(20-11-13-21(14-12-20)28(30,31)32)25-23(29(33,34)35)10-6-16-36-25/h3-6,8-14,16,22,24H,2,7,15,17-18H2,1H3,(H,37,41)(H2,38,39,40)/t22?,24-/m0/s1. The maximum absolute atomic E-state index is 13.8. The van der Waals surface area contributed by atoms with Gasteiger partial charge in [0.2, 0.25) is 0 Å². The lowest BCUT2D eigenvalue weighted by Crippen LogP contribution is -2.45. The summed E-state index contributed by atoms with van der Waals surface area (Å²) in [4.78, 5) is 28.9. The molecule has 1 aromatic heterocycles. The van der Waals surface area contributed by atoms with Gasteiger partial charge in [-0.3, -0.25) is 4.98 Å². The van der Waals surface area contributed by atoms with Crippen molar-refractivity contribution in [2.75, 3.05) is 6.54 Å². The number of carbonyl (C=O) groups excluding carboxylic acids is 2. The number of alkyl halides is 6. The smallest absolute Gasteiger partial charge is 0.418 e. The zero-order valence-electron chi connectivity index (χ0n) is 22.6. The minimum absolute atomic E-state index is 0.0304. The summed E-state index contributed by atoms with van der Waals surface area (Å²) in [5.74, 6) is 0. The van der Waals surface area contributed by atoms with Crippen LogP contribution in [0.3, 0.4) is 0 Å². The van der Waals surface area contributed by atoms with E-state index in [1.165, 1.54) is 0 Å². The number of alkyl carbamates (subject to hydrolysis) is 1. The van der Waals surface area contributed by atoms with Crippen LogP contribution in [0, 0.1) is 0 Å². The van der Waals surface area contributed by atoms with E-state index in [1.54, 1.807) is 12.1 Å². The molecule has 3 N–H and O–H groups in total. The number of aromatic nitrogens is 1. The van der Waals surface area contributed by atoms with Crippen LogP contribution < -0.4 is 16.0 Å². The Morgan fingerprint density at radius 2 is 1.55 bits per heavy atom. The summed E-state index contributed by atoms with van der Waals surface area (Å²) in [5.41, 5.74) is -1.94. The average Bonchev–Trinajstić information content (AvgIpc) is 2.94. The number of carbonyl (C=O) groups is 2. The molecule has 3 rings (SSSR count). The van der Waals surface area contributed by atoms with Gasteiger partial charge in [0.15, 0.2) is 0 Å². The maximum Gasteiger partial charge on any atom is 0.418 e. The zero-order valence-corrected chi connectivity index (χ0v) is 22.6. The van der Waals surface area contributed by atoms with Crippen LogP contribution in [0.2, 0.25) is 0 Å². The van der Waals surface area contributed by atoms with Gasteiger partial charge in [0, 0.05) is 18.8 Å². The van der Waals surface area contributed by atoms with Crippen molar-refractivity contribution in [3.63, 3.8) is 0 Å². The first kappa shape index (κ1) is 32.2. The number of halogens is 6. The van der Waals surface area contributed by atoms with Crippen molar-refractivity contribution < 1.29 is 40.7 Å². The van der Waals surface area contributed by atoms with Crippen molar-refractivity contribution in [1.29, 1.82) is 0 Å². The number of urea groups is 1. The fourth-order valence-corrected chi connectivity index (χ4v) is 4.18. The summed E-state index contributed by atoms with van der Waals surface area (Å²) < 4.78 is 85.8. The summed E-state index contributed by atoms with van der Waals surface area (Å²) in [6.45, 7) is 2.08. The summed E-state index contributed by atoms with van der Waals surface area (Å²) in [6.07, 6.45) is -7.64. The minimum atomic E-state index is -4.84. The monoisotopic (exact) mass is 596 g/mol. The molecule has 0 radical (unpaired) electrons. The Kier molecular flexibility index (Phi) is 11.2. The summed E-state index contributed by atoms with van der Waals surface area (Å²) >= 11 is 0. The number of hydrogen-bond acceptors (Lipinski definition) is 4. The summed E-state index contributed by atoms with van der Waals surface area (Å²) in [7, 11) is 0. The molecule has 0 saturated carbocycles. The van der Waals surface area contributed by atoms with Crippen LogP contribution >= 0.6 is 0 Å². The molecule has 2 aromatic carbocycles. The number of pyridine rings is 1. The lowest BCUT2D eigenvalue weighted by Gasteiger charge is -2.25. The van der Waals surface area contributed by atoms with Crippen LogP contribution in [0.1, 0.15) is 60.2 Å². The number of rotatable bonds is 11. The van der Waals surface area contributed by atoms with E-state index < -0.39 is 53.4 Å². The molecule has 13 heteroatoms. The molecular weight excluding hydrogens is 566 g/mol. The SMILES string of the molecule is CCCC(CCNC(=O)OCc1ccccc1)NC(=O)N[C@@H](c1ccc(C(F)(F)F)cc1)c1ncccc1C(F)(F)F.